The van der Waals surface area contributed by atoms with Crippen molar-refractivity contribution in [2.75, 3.05) is 0 Å². The van der Waals surface area contributed by atoms with Crippen LogP contribution in [0.25, 0.3) is 0 Å². The van der Waals surface area contributed by atoms with E-state index in [0.29, 0.717) is 0 Å². The lowest BCUT2D eigenvalue weighted by atomic mass is 10.1. The van der Waals surface area contributed by atoms with Crippen LogP contribution in [-0.4, -0.2) is 14.6 Å². The molecule has 66 valence electrons. The first-order valence-electron chi connectivity index (χ1n) is 3.01. The van der Waals surface area contributed by atoms with Gasteiger partial charge in [-0.3, -0.25) is 10.1 Å². The summed E-state index contributed by atoms with van der Waals surface area (Å²) in [5, 5.41) is 9.48. The first-order chi connectivity index (χ1) is 5.43. The summed E-state index contributed by atoms with van der Waals surface area (Å²) in [6.07, 6.45) is 3.74. The molecule has 1 unspecified atom stereocenters. The van der Waals surface area contributed by atoms with Gasteiger partial charge >= 0.3 is 0 Å². The fourth-order valence-electron chi connectivity index (χ4n) is 0.727. The van der Waals surface area contributed by atoms with Crippen LogP contribution in [0.1, 0.15) is 0 Å². The molecule has 6 heteroatoms. The predicted molar refractivity (Wildman–Crippen MR) is 48.3 cm³/mol. The molecule has 0 spiro atoms. The zero-order chi connectivity index (χ0) is 9.35. The van der Waals surface area contributed by atoms with Gasteiger partial charge in [-0.25, -0.2) is 0 Å². The molecule has 1 aliphatic rings. The molecule has 0 saturated carbocycles. The first-order valence-corrected chi connectivity index (χ1v) is 4.20. The minimum atomic E-state index is -1.25. The third-order valence-electron chi connectivity index (χ3n) is 1.37. The van der Waals surface area contributed by atoms with Gasteiger partial charge in [-0.15, -0.1) is 11.6 Å². The van der Waals surface area contributed by atoms with Crippen molar-refractivity contribution in [1.82, 2.24) is 0 Å². The zero-order valence-electron chi connectivity index (χ0n) is 5.71. The van der Waals surface area contributed by atoms with E-state index < -0.39 is 14.6 Å². The maximum absolute atomic E-state index is 10.3. The summed E-state index contributed by atoms with van der Waals surface area (Å²) >= 11 is 17.0. The average molecular weight is 228 g/mol. The molecule has 0 saturated heterocycles. The van der Waals surface area contributed by atoms with Crippen LogP contribution < -0.4 is 0 Å². The molecule has 1 aliphatic carbocycles. The van der Waals surface area contributed by atoms with E-state index in [9.17, 15) is 10.1 Å². The van der Waals surface area contributed by atoms with E-state index in [0.717, 1.165) is 0 Å². The summed E-state index contributed by atoms with van der Waals surface area (Å²) in [4.78, 5) is 9.71. The van der Waals surface area contributed by atoms with Gasteiger partial charge < -0.3 is 0 Å². The van der Waals surface area contributed by atoms with E-state index in [2.05, 4.69) is 0 Å². The average Bonchev–Trinajstić information content (AvgIpc) is 1.94. The molecule has 0 fully saturated rings. The molecule has 12 heavy (non-hydrogen) atoms. The van der Waals surface area contributed by atoms with Crippen molar-refractivity contribution in [2.45, 2.75) is 9.71 Å². The molecule has 0 heterocycles. The number of hydrogen-bond acceptors (Lipinski definition) is 2. The predicted octanol–water partition coefficient (Wildman–Crippen LogP) is 2.50. The number of hydrogen-bond donors (Lipinski definition) is 0. The Morgan fingerprint density at radius 3 is 2.58 bits per heavy atom. The monoisotopic (exact) mass is 227 g/mol. The Bertz CT molecular complexity index is 272. The highest BCUT2D eigenvalue weighted by Gasteiger charge is 2.34. The lowest BCUT2D eigenvalue weighted by molar-refractivity contribution is -0.419. The summed E-state index contributed by atoms with van der Waals surface area (Å²) in [6.45, 7) is 0. The van der Waals surface area contributed by atoms with Gasteiger partial charge in [-0.05, 0) is 6.08 Å². The smallest absolute Gasteiger partial charge is 0.258 e. The standard InChI is InChI=1S/C6H4Cl3NO2/c7-5-3-4(10(11)12)1-2-6(5,8)9/h1-3,5H. The van der Waals surface area contributed by atoms with E-state index in [-0.39, 0.29) is 5.70 Å². The SMILES string of the molecule is O=[N+]([O-])C1=CC(Cl)C(Cl)(Cl)C=C1. The second-order valence-electron chi connectivity index (χ2n) is 2.26. The van der Waals surface area contributed by atoms with Crippen LogP contribution in [0.15, 0.2) is 23.9 Å². The number of allylic oxidation sites excluding steroid dienone is 3. The lowest BCUT2D eigenvalue weighted by Crippen LogP contribution is -2.25. The maximum Gasteiger partial charge on any atom is 0.266 e. The van der Waals surface area contributed by atoms with Crippen LogP contribution in [0, 0.1) is 10.1 Å². The molecule has 0 aromatic carbocycles. The molecular weight excluding hydrogens is 224 g/mol. The molecule has 0 N–H and O–H groups in total. The highest BCUT2D eigenvalue weighted by atomic mass is 35.5. The van der Waals surface area contributed by atoms with Crippen LogP contribution >= 0.6 is 34.8 Å². The highest BCUT2D eigenvalue weighted by molar-refractivity contribution is 6.54. The minimum Gasteiger partial charge on any atom is -0.258 e. The number of nitro groups is 1. The van der Waals surface area contributed by atoms with Crippen LogP contribution in [0.3, 0.4) is 0 Å². The molecular formula is C6H4Cl3NO2. The van der Waals surface area contributed by atoms with E-state index in [4.69, 9.17) is 34.8 Å². The Morgan fingerprint density at radius 2 is 2.17 bits per heavy atom. The minimum absolute atomic E-state index is 0.0908. The van der Waals surface area contributed by atoms with Crippen molar-refractivity contribution >= 4 is 34.8 Å². The summed E-state index contributed by atoms with van der Waals surface area (Å²) in [5.41, 5.74) is -0.0908. The fourth-order valence-corrected chi connectivity index (χ4v) is 1.18. The lowest BCUT2D eigenvalue weighted by Gasteiger charge is -2.20. The number of alkyl halides is 3. The third kappa shape index (κ3) is 1.91. The molecule has 1 rings (SSSR count). The summed E-state index contributed by atoms with van der Waals surface area (Å²) in [5.74, 6) is 0. The second kappa shape index (κ2) is 3.24. The van der Waals surface area contributed by atoms with Gasteiger partial charge in [0.1, 0.15) is 0 Å². The van der Waals surface area contributed by atoms with Gasteiger partial charge in [-0.1, -0.05) is 23.2 Å². The Morgan fingerprint density at radius 1 is 1.58 bits per heavy atom. The Balaban J connectivity index is 2.91. The first kappa shape index (κ1) is 9.84. The molecule has 0 aliphatic heterocycles. The van der Waals surface area contributed by atoms with E-state index >= 15 is 0 Å². The highest BCUT2D eigenvalue weighted by Crippen LogP contribution is 2.35. The maximum atomic E-state index is 10.3. The van der Waals surface area contributed by atoms with Crippen molar-refractivity contribution < 1.29 is 4.92 Å². The zero-order valence-corrected chi connectivity index (χ0v) is 7.97. The van der Waals surface area contributed by atoms with Gasteiger partial charge in [0.15, 0.2) is 4.33 Å². The summed E-state index contributed by atoms with van der Waals surface area (Å²) < 4.78 is -1.25. The van der Waals surface area contributed by atoms with E-state index in [1.165, 1.54) is 18.2 Å². The van der Waals surface area contributed by atoms with Crippen molar-refractivity contribution in [3.63, 3.8) is 0 Å². The summed E-state index contributed by atoms with van der Waals surface area (Å²) in [7, 11) is 0. The normalized spacial score (nSPS) is 26.6. The number of rotatable bonds is 1. The second-order valence-corrected chi connectivity index (χ2v) is 4.17. The van der Waals surface area contributed by atoms with Crippen LogP contribution in [-0.2, 0) is 0 Å². The topological polar surface area (TPSA) is 43.1 Å². The van der Waals surface area contributed by atoms with Gasteiger partial charge in [0.2, 0.25) is 0 Å². The molecule has 0 radical (unpaired) electrons. The van der Waals surface area contributed by atoms with Crippen molar-refractivity contribution in [3.05, 3.63) is 34.0 Å². The third-order valence-corrected chi connectivity index (χ3v) is 2.79. The van der Waals surface area contributed by atoms with Crippen LogP contribution in [0.5, 0.6) is 0 Å². The van der Waals surface area contributed by atoms with Crippen molar-refractivity contribution in [2.24, 2.45) is 0 Å². The van der Waals surface area contributed by atoms with Crippen LogP contribution in [0.2, 0.25) is 0 Å². The molecule has 0 bridgehead atoms. The number of halogens is 3. The number of nitrogens with zero attached hydrogens (tertiary/aromatic N) is 1. The van der Waals surface area contributed by atoms with Crippen molar-refractivity contribution in [1.29, 1.82) is 0 Å². The molecule has 3 nitrogen and oxygen atoms in total. The van der Waals surface area contributed by atoms with Gasteiger partial charge in [0.25, 0.3) is 5.70 Å². The van der Waals surface area contributed by atoms with Gasteiger partial charge in [0.05, 0.1) is 10.3 Å². The Hall–Kier alpha value is -0.250. The molecule has 1 atom stereocenters. The van der Waals surface area contributed by atoms with E-state index in [1.807, 2.05) is 0 Å². The Labute approximate surface area is 83.7 Å². The molecule has 0 aromatic rings. The largest absolute Gasteiger partial charge is 0.266 e. The molecule has 0 amide bonds. The van der Waals surface area contributed by atoms with Crippen molar-refractivity contribution in [3.8, 4) is 0 Å². The molecule has 0 aromatic heterocycles. The summed E-state index contributed by atoms with van der Waals surface area (Å²) in [6, 6.07) is 0. The van der Waals surface area contributed by atoms with Gasteiger partial charge in [0, 0.05) is 12.2 Å². The quantitative estimate of drug-likeness (QED) is 0.393. The van der Waals surface area contributed by atoms with Gasteiger partial charge in [-0.2, -0.15) is 0 Å². The van der Waals surface area contributed by atoms with E-state index in [1.54, 1.807) is 0 Å². The van der Waals surface area contributed by atoms with Crippen LogP contribution in [0.4, 0.5) is 0 Å². The Kier molecular flexibility index (Phi) is 2.66. The fraction of sp³-hybridized carbons (Fsp3) is 0.333.